The van der Waals surface area contributed by atoms with E-state index in [9.17, 15) is 4.79 Å². The van der Waals surface area contributed by atoms with Crippen molar-refractivity contribution < 1.29 is 14.3 Å². The molecule has 35 heavy (non-hydrogen) atoms. The van der Waals surface area contributed by atoms with Gasteiger partial charge in [-0.3, -0.25) is 4.68 Å². The Morgan fingerprint density at radius 3 is 2.43 bits per heavy atom. The number of ether oxygens (including phenoxy) is 2. The number of benzene rings is 3. The van der Waals surface area contributed by atoms with Crippen LogP contribution in [0.15, 0.2) is 79.0 Å². The van der Waals surface area contributed by atoms with Crippen molar-refractivity contribution in [2.24, 2.45) is 0 Å². The van der Waals surface area contributed by atoms with Crippen LogP contribution < -0.4 is 4.74 Å². The molecule has 0 radical (unpaired) electrons. The number of amides is 1. The Bertz CT molecular complexity index is 1310. The molecule has 0 aliphatic carbocycles. The number of hydrogen-bond acceptors (Lipinski definition) is 4. The minimum atomic E-state index is -0.508. The summed E-state index contributed by atoms with van der Waals surface area (Å²) in [6, 6.07) is 24.3. The number of fused-ring (bicyclic) bond motifs is 1. The molecule has 0 spiro atoms. The van der Waals surface area contributed by atoms with Crippen LogP contribution in [0, 0.1) is 0 Å². The van der Waals surface area contributed by atoms with E-state index < -0.39 is 5.60 Å². The molecule has 6 heteroatoms. The van der Waals surface area contributed by atoms with Crippen LogP contribution in [-0.2, 0) is 4.74 Å². The van der Waals surface area contributed by atoms with Crippen molar-refractivity contribution in [3.8, 4) is 22.6 Å². The topological polar surface area (TPSA) is 56.6 Å². The molecule has 1 aromatic heterocycles. The summed E-state index contributed by atoms with van der Waals surface area (Å²) in [7, 11) is 0. The lowest BCUT2D eigenvalue weighted by Gasteiger charge is -2.34. The normalized spacial score (nSPS) is 16.3. The third-order valence-corrected chi connectivity index (χ3v) is 6.16. The molecule has 0 saturated carbocycles. The van der Waals surface area contributed by atoms with Gasteiger partial charge in [0.2, 0.25) is 0 Å². The van der Waals surface area contributed by atoms with Crippen molar-refractivity contribution in [3.05, 3.63) is 79.0 Å². The standard InChI is InChI=1S/C29H31N3O3/c1-29(2,3)35-28(33)31-18-8-10-23(20-31)32-27-22(19-30-32)9-7-13-26(27)21-14-16-25(17-15-21)34-24-11-5-4-6-12-24/h4-7,9,11-17,19,23H,8,10,18,20H2,1-3H3. The number of carbonyl (C=O) groups excluding carboxylic acids is 1. The van der Waals surface area contributed by atoms with Gasteiger partial charge in [0.05, 0.1) is 17.8 Å². The van der Waals surface area contributed by atoms with Gasteiger partial charge in [0, 0.05) is 24.0 Å². The molecule has 0 bridgehead atoms. The van der Waals surface area contributed by atoms with Crippen molar-refractivity contribution in [1.29, 1.82) is 0 Å². The maximum Gasteiger partial charge on any atom is 0.410 e. The first-order chi connectivity index (χ1) is 16.9. The Balaban J connectivity index is 1.42. The number of likely N-dealkylation sites (tertiary alicyclic amines) is 1. The molecule has 6 nitrogen and oxygen atoms in total. The van der Waals surface area contributed by atoms with E-state index in [0.717, 1.165) is 46.4 Å². The first-order valence-corrected chi connectivity index (χ1v) is 12.1. The fraction of sp³-hybridized carbons (Fsp3) is 0.310. The summed E-state index contributed by atoms with van der Waals surface area (Å²) in [5.74, 6) is 1.60. The van der Waals surface area contributed by atoms with Gasteiger partial charge in [0.25, 0.3) is 0 Å². The predicted molar refractivity (Wildman–Crippen MR) is 138 cm³/mol. The molecule has 0 N–H and O–H groups in total. The smallest absolute Gasteiger partial charge is 0.410 e. The monoisotopic (exact) mass is 469 g/mol. The fourth-order valence-corrected chi connectivity index (χ4v) is 4.59. The average Bonchev–Trinajstić information content (AvgIpc) is 3.29. The lowest BCUT2D eigenvalue weighted by molar-refractivity contribution is 0.0169. The molecule has 1 aliphatic rings. The minimum Gasteiger partial charge on any atom is -0.457 e. The van der Waals surface area contributed by atoms with Gasteiger partial charge < -0.3 is 14.4 Å². The van der Waals surface area contributed by atoms with Crippen LogP contribution in [0.5, 0.6) is 11.5 Å². The predicted octanol–water partition coefficient (Wildman–Crippen LogP) is 7.07. The van der Waals surface area contributed by atoms with Gasteiger partial charge in [-0.15, -0.1) is 0 Å². The molecule has 1 aliphatic heterocycles. The van der Waals surface area contributed by atoms with Crippen LogP contribution in [0.25, 0.3) is 22.0 Å². The van der Waals surface area contributed by atoms with E-state index in [1.807, 2.05) is 74.3 Å². The van der Waals surface area contributed by atoms with Gasteiger partial charge in [-0.25, -0.2) is 4.79 Å². The summed E-state index contributed by atoms with van der Waals surface area (Å²) in [6.07, 6.45) is 3.54. The van der Waals surface area contributed by atoms with Gasteiger partial charge >= 0.3 is 6.09 Å². The van der Waals surface area contributed by atoms with Crippen LogP contribution in [-0.4, -0.2) is 39.5 Å². The average molecular weight is 470 g/mol. The molecule has 180 valence electrons. The van der Waals surface area contributed by atoms with Crippen LogP contribution in [0.3, 0.4) is 0 Å². The quantitative estimate of drug-likeness (QED) is 0.321. The van der Waals surface area contributed by atoms with Crippen molar-refractivity contribution in [2.75, 3.05) is 13.1 Å². The van der Waals surface area contributed by atoms with Crippen LogP contribution >= 0.6 is 0 Å². The second-order valence-corrected chi connectivity index (χ2v) is 9.99. The Kier molecular flexibility index (Phi) is 6.20. The van der Waals surface area contributed by atoms with Crippen molar-refractivity contribution in [3.63, 3.8) is 0 Å². The van der Waals surface area contributed by atoms with E-state index >= 15 is 0 Å². The molecular weight excluding hydrogens is 438 g/mol. The highest BCUT2D eigenvalue weighted by molar-refractivity contribution is 5.94. The molecule has 1 unspecified atom stereocenters. The second-order valence-electron chi connectivity index (χ2n) is 9.99. The zero-order chi connectivity index (χ0) is 24.4. The number of nitrogens with zero attached hydrogens (tertiary/aromatic N) is 3. The Hall–Kier alpha value is -3.80. The zero-order valence-corrected chi connectivity index (χ0v) is 20.5. The summed E-state index contributed by atoms with van der Waals surface area (Å²) in [5.41, 5.74) is 2.78. The van der Waals surface area contributed by atoms with Crippen molar-refractivity contribution >= 4 is 17.0 Å². The third-order valence-electron chi connectivity index (χ3n) is 6.16. The molecule has 1 fully saturated rings. The zero-order valence-electron chi connectivity index (χ0n) is 20.5. The van der Waals surface area contributed by atoms with E-state index in [1.54, 1.807) is 0 Å². The maximum atomic E-state index is 12.7. The highest BCUT2D eigenvalue weighted by Crippen LogP contribution is 2.34. The second kappa shape index (κ2) is 9.45. The number of carbonyl (C=O) groups is 1. The SMILES string of the molecule is CC(C)(C)OC(=O)N1CCCC(n2ncc3cccc(-c4ccc(Oc5ccccc5)cc4)c32)C1. The number of piperidine rings is 1. The molecule has 1 atom stereocenters. The molecule has 4 aromatic rings. The molecule has 2 heterocycles. The van der Waals surface area contributed by atoms with Crippen molar-refractivity contribution in [1.82, 2.24) is 14.7 Å². The molecule has 1 amide bonds. The third kappa shape index (κ3) is 5.16. The lowest BCUT2D eigenvalue weighted by Crippen LogP contribution is -2.43. The van der Waals surface area contributed by atoms with Gasteiger partial charge in [-0.1, -0.05) is 48.5 Å². The van der Waals surface area contributed by atoms with E-state index in [2.05, 4.69) is 35.0 Å². The first kappa shape index (κ1) is 23.0. The van der Waals surface area contributed by atoms with Crippen LogP contribution in [0.2, 0.25) is 0 Å². The summed E-state index contributed by atoms with van der Waals surface area (Å²) in [6.45, 7) is 6.99. The molecular formula is C29H31N3O3. The number of rotatable bonds is 4. The number of hydrogen-bond donors (Lipinski definition) is 0. The molecule has 1 saturated heterocycles. The Labute approximate surface area is 206 Å². The first-order valence-electron chi connectivity index (χ1n) is 12.1. The lowest BCUT2D eigenvalue weighted by atomic mass is 10.0. The minimum absolute atomic E-state index is 0.0932. The summed E-state index contributed by atoms with van der Waals surface area (Å²) in [4.78, 5) is 14.5. The largest absolute Gasteiger partial charge is 0.457 e. The highest BCUT2D eigenvalue weighted by Gasteiger charge is 2.29. The number of para-hydroxylation sites is 2. The van der Waals surface area contributed by atoms with Crippen LogP contribution in [0.4, 0.5) is 4.79 Å². The highest BCUT2D eigenvalue weighted by atomic mass is 16.6. The van der Waals surface area contributed by atoms with Gasteiger partial charge in [-0.05, 0) is 63.4 Å². The van der Waals surface area contributed by atoms with Gasteiger partial charge in [0.1, 0.15) is 17.1 Å². The van der Waals surface area contributed by atoms with E-state index in [0.29, 0.717) is 13.1 Å². The maximum absolute atomic E-state index is 12.7. The van der Waals surface area contributed by atoms with E-state index in [1.165, 1.54) is 0 Å². The van der Waals surface area contributed by atoms with Gasteiger partial charge in [0.15, 0.2) is 0 Å². The van der Waals surface area contributed by atoms with Gasteiger partial charge in [-0.2, -0.15) is 5.10 Å². The summed E-state index contributed by atoms with van der Waals surface area (Å²) in [5, 5.41) is 5.84. The Morgan fingerprint density at radius 2 is 1.69 bits per heavy atom. The van der Waals surface area contributed by atoms with E-state index in [-0.39, 0.29) is 12.1 Å². The van der Waals surface area contributed by atoms with Crippen LogP contribution in [0.1, 0.15) is 39.7 Å². The Morgan fingerprint density at radius 1 is 0.943 bits per heavy atom. The fourth-order valence-electron chi connectivity index (χ4n) is 4.59. The van der Waals surface area contributed by atoms with Crippen molar-refractivity contribution in [2.45, 2.75) is 45.3 Å². The summed E-state index contributed by atoms with van der Waals surface area (Å²) < 4.78 is 13.7. The molecule has 5 rings (SSSR count). The molecule has 3 aromatic carbocycles. The number of aromatic nitrogens is 2. The van der Waals surface area contributed by atoms with E-state index in [4.69, 9.17) is 14.6 Å². The summed E-state index contributed by atoms with van der Waals surface area (Å²) >= 11 is 0.